The minimum atomic E-state index is -0.550. The van der Waals surface area contributed by atoms with Gasteiger partial charge in [-0.1, -0.05) is 31.2 Å². The molecule has 0 spiro atoms. The number of aryl methyl sites for hydroxylation is 1. The molecule has 1 aliphatic rings. The summed E-state index contributed by atoms with van der Waals surface area (Å²) in [5, 5.41) is 10.3. The normalized spacial score (nSPS) is 17.1. The Morgan fingerprint density at radius 1 is 1.35 bits per heavy atom. The van der Waals surface area contributed by atoms with Crippen molar-refractivity contribution in [1.82, 2.24) is 9.55 Å². The third-order valence-corrected chi connectivity index (χ3v) is 3.98. The maximum Gasteiger partial charge on any atom is 0.331 e. The Morgan fingerprint density at radius 2 is 2.10 bits per heavy atom. The maximum atomic E-state index is 12.1. The van der Waals surface area contributed by atoms with Gasteiger partial charge >= 0.3 is 5.69 Å². The zero-order chi connectivity index (χ0) is 14.3. The molecule has 0 saturated heterocycles. The molecule has 5 heteroatoms. The molecule has 1 aromatic heterocycles. The first-order chi connectivity index (χ1) is 9.63. The van der Waals surface area contributed by atoms with E-state index in [0.717, 1.165) is 18.4 Å². The van der Waals surface area contributed by atoms with Crippen LogP contribution in [0.2, 0.25) is 0 Å². The monoisotopic (exact) mass is 272 g/mol. The molecule has 1 unspecified atom stereocenters. The number of nitrogens with zero attached hydrogens (tertiary/aromatic N) is 1. The summed E-state index contributed by atoms with van der Waals surface area (Å²) in [6, 6.07) is 7.68. The fourth-order valence-electron chi connectivity index (χ4n) is 2.99. The van der Waals surface area contributed by atoms with Gasteiger partial charge in [0.15, 0.2) is 0 Å². The molecule has 5 nitrogen and oxygen atoms in total. The van der Waals surface area contributed by atoms with Crippen LogP contribution in [0.5, 0.6) is 5.88 Å². The number of aromatic hydroxyl groups is 1. The Hall–Kier alpha value is -2.30. The molecular weight excluding hydrogens is 256 g/mol. The van der Waals surface area contributed by atoms with Crippen molar-refractivity contribution < 1.29 is 5.11 Å². The third-order valence-electron chi connectivity index (χ3n) is 3.98. The van der Waals surface area contributed by atoms with Crippen LogP contribution in [0.1, 0.15) is 36.1 Å². The molecule has 0 saturated carbocycles. The standard InChI is InChI=1S/C15H16N2O3/c1-2-10-13(18)16-15(20)17(14(10)19)12-8-7-9-5-3-4-6-11(9)12/h3-6,12,19H,2,7-8H2,1H3,(H,16,18,20). The Morgan fingerprint density at radius 3 is 2.85 bits per heavy atom. The number of aromatic amines is 1. The molecular formula is C15H16N2O3. The highest BCUT2D eigenvalue weighted by atomic mass is 16.3. The summed E-state index contributed by atoms with van der Waals surface area (Å²) >= 11 is 0. The summed E-state index contributed by atoms with van der Waals surface area (Å²) in [7, 11) is 0. The van der Waals surface area contributed by atoms with E-state index in [1.807, 2.05) is 24.3 Å². The Labute approximate surface area is 115 Å². The van der Waals surface area contributed by atoms with Crippen molar-refractivity contribution in [2.45, 2.75) is 32.2 Å². The van der Waals surface area contributed by atoms with Gasteiger partial charge in [-0.05, 0) is 30.4 Å². The third kappa shape index (κ3) is 1.78. The molecule has 2 N–H and O–H groups in total. The highest BCUT2D eigenvalue weighted by Crippen LogP contribution is 2.35. The number of aromatic nitrogens is 2. The highest BCUT2D eigenvalue weighted by molar-refractivity contribution is 5.36. The molecule has 104 valence electrons. The SMILES string of the molecule is CCc1c(O)n(C2CCc3ccccc32)c(=O)[nH]c1=O. The van der Waals surface area contributed by atoms with Crippen molar-refractivity contribution in [3.63, 3.8) is 0 Å². The minimum Gasteiger partial charge on any atom is -0.494 e. The van der Waals surface area contributed by atoms with Gasteiger partial charge < -0.3 is 5.11 Å². The van der Waals surface area contributed by atoms with Crippen molar-refractivity contribution in [3.05, 3.63) is 61.8 Å². The lowest BCUT2D eigenvalue weighted by atomic mass is 10.1. The van der Waals surface area contributed by atoms with E-state index < -0.39 is 11.2 Å². The van der Waals surface area contributed by atoms with Gasteiger partial charge in [0.05, 0.1) is 11.6 Å². The first-order valence-corrected chi connectivity index (χ1v) is 6.78. The molecule has 3 rings (SSSR count). The van der Waals surface area contributed by atoms with Gasteiger partial charge in [0.2, 0.25) is 5.88 Å². The number of benzene rings is 1. The average molecular weight is 272 g/mol. The van der Waals surface area contributed by atoms with E-state index in [-0.39, 0.29) is 17.5 Å². The molecule has 0 fully saturated rings. The van der Waals surface area contributed by atoms with Gasteiger partial charge in [0.25, 0.3) is 5.56 Å². The van der Waals surface area contributed by atoms with Crippen molar-refractivity contribution in [1.29, 1.82) is 0 Å². The number of hydrogen-bond acceptors (Lipinski definition) is 3. The fourth-order valence-corrected chi connectivity index (χ4v) is 2.99. The van der Waals surface area contributed by atoms with Crippen LogP contribution < -0.4 is 11.2 Å². The van der Waals surface area contributed by atoms with Gasteiger partial charge in [-0.25, -0.2) is 4.79 Å². The van der Waals surface area contributed by atoms with Crippen LogP contribution in [-0.2, 0) is 12.8 Å². The number of nitrogens with one attached hydrogen (secondary N) is 1. The second kappa shape index (κ2) is 4.67. The van der Waals surface area contributed by atoms with E-state index in [0.29, 0.717) is 6.42 Å². The van der Waals surface area contributed by atoms with E-state index in [4.69, 9.17) is 0 Å². The largest absolute Gasteiger partial charge is 0.494 e. The van der Waals surface area contributed by atoms with Gasteiger partial charge in [-0.3, -0.25) is 14.3 Å². The van der Waals surface area contributed by atoms with E-state index in [2.05, 4.69) is 4.98 Å². The van der Waals surface area contributed by atoms with Crippen LogP contribution in [0, 0.1) is 0 Å². The summed E-state index contributed by atoms with van der Waals surface area (Å²) in [6.45, 7) is 1.78. The number of H-pyrrole nitrogens is 1. The zero-order valence-electron chi connectivity index (χ0n) is 11.2. The molecule has 1 aliphatic carbocycles. The van der Waals surface area contributed by atoms with Crippen molar-refractivity contribution in [2.24, 2.45) is 0 Å². The first kappa shape index (κ1) is 12.7. The molecule has 20 heavy (non-hydrogen) atoms. The van der Waals surface area contributed by atoms with E-state index in [1.54, 1.807) is 6.92 Å². The summed E-state index contributed by atoms with van der Waals surface area (Å²) in [4.78, 5) is 26.0. The van der Waals surface area contributed by atoms with Gasteiger partial charge in [-0.15, -0.1) is 0 Å². The van der Waals surface area contributed by atoms with Crippen LogP contribution in [-0.4, -0.2) is 14.7 Å². The molecule has 1 aromatic carbocycles. The lowest BCUT2D eigenvalue weighted by molar-refractivity contribution is 0.374. The van der Waals surface area contributed by atoms with E-state index in [9.17, 15) is 14.7 Å². The van der Waals surface area contributed by atoms with Crippen molar-refractivity contribution >= 4 is 0 Å². The smallest absolute Gasteiger partial charge is 0.331 e. The summed E-state index contributed by atoms with van der Waals surface area (Å²) in [5.41, 5.74) is 1.44. The highest BCUT2D eigenvalue weighted by Gasteiger charge is 2.27. The zero-order valence-corrected chi connectivity index (χ0v) is 11.2. The van der Waals surface area contributed by atoms with Crippen molar-refractivity contribution in [2.75, 3.05) is 0 Å². The van der Waals surface area contributed by atoms with Gasteiger partial charge in [0.1, 0.15) is 0 Å². The predicted molar refractivity (Wildman–Crippen MR) is 75.3 cm³/mol. The molecule has 0 aliphatic heterocycles. The average Bonchev–Trinajstić information content (AvgIpc) is 2.83. The Bertz CT molecular complexity index is 773. The summed E-state index contributed by atoms with van der Waals surface area (Å²) in [6.07, 6.45) is 2.01. The number of rotatable bonds is 2. The first-order valence-electron chi connectivity index (χ1n) is 6.78. The Balaban J connectivity index is 2.22. The molecule has 0 bridgehead atoms. The van der Waals surface area contributed by atoms with E-state index in [1.165, 1.54) is 10.1 Å². The second-order valence-electron chi connectivity index (χ2n) is 5.04. The van der Waals surface area contributed by atoms with Crippen LogP contribution >= 0.6 is 0 Å². The minimum absolute atomic E-state index is 0.206. The van der Waals surface area contributed by atoms with Crippen LogP contribution in [0.4, 0.5) is 0 Å². The summed E-state index contributed by atoms with van der Waals surface area (Å²) in [5.74, 6) is -0.206. The van der Waals surface area contributed by atoms with Crippen LogP contribution in [0.15, 0.2) is 33.9 Å². The molecule has 1 heterocycles. The van der Waals surface area contributed by atoms with Crippen LogP contribution in [0.3, 0.4) is 0 Å². The second-order valence-corrected chi connectivity index (χ2v) is 5.04. The lowest BCUT2D eigenvalue weighted by Crippen LogP contribution is -2.34. The molecule has 1 atom stereocenters. The molecule has 0 amide bonds. The Kier molecular flexibility index (Phi) is 2.97. The summed E-state index contributed by atoms with van der Waals surface area (Å²) < 4.78 is 1.31. The molecule has 2 aromatic rings. The fraction of sp³-hybridized carbons (Fsp3) is 0.333. The van der Waals surface area contributed by atoms with Crippen molar-refractivity contribution in [3.8, 4) is 5.88 Å². The number of hydrogen-bond donors (Lipinski definition) is 2. The van der Waals surface area contributed by atoms with E-state index >= 15 is 0 Å². The van der Waals surface area contributed by atoms with Crippen LogP contribution in [0.25, 0.3) is 0 Å². The molecule has 0 radical (unpaired) electrons. The lowest BCUT2D eigenvalue weighted by Gasteiger charge is -2.18. The van der Waals surface area contributed by atoms with Gasteiger partial charge in [0, 0.05) is 0 Å². The quantitative estimate of drug-likeness (QED) is 0.866. The van der Waals surface area contributed by atoms with Gasteiger partial charge in [-0.2, -0.15) is 0 Å². The topological polar surface area (TPSA) is 75.1 Å². The maximum absolute atomic E-state index is 12.1. The number of fused-ring (bicyclic) bond motifs is 1. The predicted octanol–water partition coefficient (Wildman–Crippen LogP) is 1.34.